The average molecular weight is 425 g/mol. The second-order valence-electron chi connectivity index (χ2n) is 11.2. The lowest BCUT2D eigenvalue weighted by molar-refractivity contribution is -0.202. The number of hydrogen-bond acceptors (Lipinski definition) is 4. The van der Waals surface area contributed by atoms with E-state index >= 15 is 0 Å². The van der Waals surface area contributed by atoms with Crippen LogP contribution in [0.2, 0.25) is 0 Å². The minimum absolute atomic E-state index is 0.0640. The summed E-state index contributed by atoms with van der Waals surface area (Å²) in [5.74, 6) is 1.93. The van der Waals surface area contributed by atoms with Gasteiger partial charge in [-0.05, 0) is 86.4 Å². The first kappa shape index (κ1) is 21.6. The molecule has 1 N–H and O–H groups in total. The van der Waals surface area contributed by atoms with Gasteiger partial charge in [0.25, 0.3) is 0 Å². The van der Waals surface area contributed by atoms with Gasteiger partial charge in [0, 0.05) is 11.8 Å². The van der Waals surface area contributed by atoms with E-state index in [0.29, 0.717) is 23.7 Å². The highest BCUT2D eigenvalue weighted by Crippen LogP contribution is 2.68. The monoisotopic (exact) mass is 424 g/mol. The van der Waals surface area contributed by atoms with Crippen molar-refractivity contribution in [3.63, 3.8) is 0 Å². The van der Waals surface area contributed by atoms with E-state index < -0.39 is 0 Å². The van der Waals surface area contributed by atoms with Crippen LogP contribution in [0, 0.1) is 46.3 Å². The third-order valence-corrected chi connectivity index (χ3v) is 10.0. The highest BCUT2D eigenvalue weighted by molar-refractivity contribution is 6.26. The van der Waals surface area contributed by atoms with Crippen LogP contribution in [0.1, 0.15) is 72.6 Å². The van der Waals surface area contributed by atoms with E-state index in [-0.39, 0.29) is 52.5 Å². The molecule has 0 aromatic heterocycles. The molecule has 0 bridgehead atoms. The number of carbonyl (C=O) groups excluding carboxylic acids is 2. The van der Waals surface area contributed by atoms with Crippen molar-refractivity contribution in [2.24, 2.45) is 46.3 Å². The molecule has 0 spiro atoms. The van der Waals surface area contributed by atoms with Gasteiger partial charge >= 0.3 is 5.97 Å². The van der Waals surface area contributed by atoms with Gasteiger partial charge in [-0.3, -0.25) is 9.59 Å². The van der Waals surface area contributed by atoms with Gasteiger partial charge in [-0.15, -0.1) is 11.6 Å². The molecule has 0 unspecified atom stereocenters. The smallest absolute Gasteiger partial charge is 0.321 e. The summed E-state index contributed by atoms with van der Waals surface area (Å²) in [6, 6.07) is 0. The van der Waals surface area contributed by atoms with Crippen LogP contribution in [0.5, 0.6) is 0 Å². The van der Waals surface area contributed by atoms with E-state index in [1.54, 1.807) is 6.92 Å². The zero-order valence-corrected chi connectivity index (χ0v) is 19.1. The van der Waals surface area contributed by atoms with Crippen LogP contribution in [0.15, 0.2) is 0 Å². The summed E-state index contributed by atoms with van der Waals surface area (Å²) >= 11 is 5.82. The molecule has 4 rings (SSSR count). The summed E-state index contributed by atoms with van der Waals surface area (Å²) in [6.07, 6.45) is 6.52. The Morgan fingerprint density at radius 1 is 1.10 bits per heavy atom. The van der Waals surface area contributed by atoms with Crippen molar-refractivity contribution in [2.45, 2.75) is 84.8 Å². The van der Waals surface area contributed by atoms with Gasteiger partial charge in [-0.25, -0.2) is 0 Å². The number of ether oxygens (including phenoxy) is 1. The van der Waals surface area contributed by atoms with Crippen LogP contribution in [0.4, 0.5) is 0 Å². The molecule has 0 aliphatic heterocycles. The van der Waals surface area contributed by atoms with Gasteiger partial charge in [0.05, 0.1) is 6.10 Å². The van der Waals surface area contributed by atoms with E-state index in [1.807, 2.05) is 0 Å². The van der Waals surface area contributed by atoms with Crippen molar-refractivity contribution in [2.75, 3.05) is 5.88 Å². The summed E-state index contributed by atoms with van der Waals surface area (Å²) in [4.78, 5) is 24.8. The van der Waals surface area contributed by atoms with Crippen LogP contribution in [0.25, 0.3) is 0 Å². The van der Waals surface area contributed by atoms with E-state index in [9.17, 15) is 14.7 Å². The van der Waals surface area contributed by atoms with Crippen LogP contribution in [0.3, 0.4) is 0 Å². The molecule has 29 heavy (non-hydrogen) atoms. The molecule has 0 radical (unpaired) electrons. The van der Waals surface area contributed by atoms with Crippen molar-refractivity contribution in [1.29, 1.82) is 0 Å². The first-order valence-corrected chi connectivity index (χ1v) is 12.1. The average Bonchev–Trinajstić information content (AvgIpc) is 2.99. The fourth-order valence-electron chi connectivity index (χ4n) is 8.66. The summed E-state index contributed by atoms with van der Waals surface area (Å²) in [6.45, 7) is 8.55. The van der Waals surface area contributed by atoms with E-state index in [0.717, 1.165) is 44.9 Å². The fraction of sp³-hybridized carbons (Fsp3) is 0.917. The molecule has 4 aliphatic carbocycles. The third kappa shape index (κ3) is 3.28. The standard InChI is InChI=1S/C24H37ClO4/c1-13-10-23(3)15(9-19(13)27)5-6-16-18-8-7-17(14(2)26)24(18,4)11-20(22(16)23)29-21(28)12-25/h13,15-20,22,27H,5-12H2,1-4H3/t13-,15+,16+,17-,18+,19+,20+,22-,23+,24-/m1/s1. The first-order valence-electron chi connectivity index (χ1n) is 11.6. The molecule has 10 atom stereocenters. The van der Waals surface area contributed by atoms with Crippen molar-refractivity contribution in [1.82, 2.24) is 0 Å². The Labute approximate surface area is 180 Å². The second-order valence-corrected chi connectivity index (χ2v) is 11.4. The number of fused-ring (bicyclic) bond motifs is 5. The maximum atomic E-state index is 12.5. The molecule has 4 saturated carbocycles. The Bertz CT molecular complexity index is 680. The lowest BCUT2D eigenvalue weighted by atomic mass is 9.43. The van der Waals surface area contributed by atoms with E-state index in [1.165, 1.54) is 0 Å². The third-order valence-electron chi connectivity index (χ3n) is 9.80. The fourth-order valence-corrected chi connectivity index (χ4v) is 8.73. The van der Waals surface area contributed by atoms with Gasteiger partial charge in [0.2, 0.25) is 0 Å². The molecule has 4 fully saturated rings. The lowest BCUT2D eigenvalue weighted by Gasteiger charge is -2.63. The molecule has 164 valence electrons. The van der Waals surface area contributed by atoms with Gasteiger partial charge in [0.1, 0.15) is 17.8 Å². The number of aliphatic hydroxyl groups is 1. The molecule has 0 saturated heterocycles. The zero-order valence-electron chi connectivity index (χ0n) is 18.3. The molecular formula is C24H37ClO4. The van der Waals surface area contributed by atoms with E-state index in [4.69, 9.17) is 16.3 Å². The predicted octanol–water partition coefficient (Wildman–Crippen LogP) is 4.60. The number of halogens is 1. The normalized spacial score (nSPS) is 51.5. The largest absolute Gasteiger partial charge is 0.461 e. The Kier molecular flexibility index (Phi) is 5.60. The maximum Gasteiger partial charge on any atom is 0.321 e. The number of Topliss-reactive ketones (excluding diaryl/α,β-unsaturated/α-hetero) is 1. The van der Waals surface area contributed by atoms with Crippen LogP contribution < -0.4 is 0 Å². The van der Waals surface area contributed by atoms with Crippen molar-refractivity contribution in [3.8, 4) is 0 Å². The Morgan fingerprint density at radius 3 is 2.48 bits per heavy atom. The summed E-state index contributed by atoms with van der Waals surface area (Å²) < 4.78 is 6.04. The Balaban J connectivity index is 1.73. The topological polar surface area (TPSA) is 63.6 Å². The first-order chi connectivity index (χ1) is 13.6. The number of carbonyl (C=O) groups is 2. The number of alkyl halides is 1. The number of esters is 1. The van der Waals surface area contributed by atoms with Gasteiger partial charge in [0.15, 0.2) is 0 Å². The van der Waals surface area contributed by atoms with Crippen LogP contribution in [-0.2, 0) is 14.3 Å². The summed E-state index contributed by atoms with van der Waals surface area (Å²) in [5, 5.41) is 10.5. The highest BCUT2D eigenvalue weighted by atomic mass is 35.5. The molecule has 5 heteroatoms. The second kappa shape index (κ2) is 7.51. The number of rotatable bonds is 3. The maximum absolute atomic E-state index is 12.5. The SMILES string of the molecule is CC(=O)[C@H]1CC[C@H]2[C@@H]3CC[C@H]4C[C@H](O)[C@H](C)C[C@]4(C)[C@H]3[C@@H](OC(=O)CCl)C[C@]12C. The molecular weight excluding hydrogens is 388 g/mol. The van der Waals surface area contributed by atoms with Gasteiger partial charge in [-0.1, -0.05) is 20.8 Å². The molecule has 0 aromatic rings. The summed E-state index contributed by atoms with van der Waals surface area (Å²) in [7, 11) is 0. The van der Waals surface area contributed by atoms with Crippen molar-refractivity contribution >= 4 is 23.4 Å². The Hall–Kier alpha value is -0.610. The van der Waals surface area contributed by atoms with Gasteiger partial charge in [-0.2, -0.15) is 0 Å². The predicted molar refractivity (Wildman–Crippen MR) is 112 cm³/mol. The molecule has 0 heterocycles. The Morgan fingerprint density at radius 2 is 1.83 bits per heavy atom. The molecule has 0 amide bonds. The molecule has 4 aliphatic rings. The van der Waals surface area contributed by atoms with Crippen LogP contribution >= 0.6 is 11.6 Å². The van der Waals surface area contributed by atoms with Crippen LogP contribution in [-0.4, -0.2) is 34.9 Å². The molecule has 4 nitrogen and oxygen atoms in total. The number of hydrogen-bond donors (Lipinski definition) is 1. The van der Waals surface area contributed by atoms with Crippen molar-refractivity contribution < 1.29 is 19.4 Å². The highest BCUT2D eigenvalue weighted by Gasteiger charge is 2.65. The summed E-state index contributed by atoms with van der Waals surface area (Å²) in [5.41, 5.74) is -0.0261. The minimum atomic E-state index is -0.343. The molecule has 0 aromatic carbocycles. The zero-order chi connectivity index (χ0) is 21.1. The van der Waals surface area contributed by atoms with E-state index in [2.05, 4.69) is 20.8 Å². The number of aliphatic hydroxyl groups excluding tert-OH is 1. The van der Waals surface area contributed by atoms with Crippen molar-refractivity contribution in [3.05, 3.63) is 0 Å². The minimum Gasteiger partial charge on any atom is -0.461 e. The quantitative estimate of drug-likeness (QED) is 0.531. The number of ketones is 1. The lowest BCUT2D eigenvalue weighted by Crippen LogP contribution is -2.61. The van der Waals surface area contributed by atoms with Gasteiger partial charge < -0.3 is 9.84 Å².